The van der Waals surface area contributed by atoms with Crippen molar-refractivity contribution in [3.8, 4) is 17.2 Å². The molecule has 0 aliphatic carbocycles. The van der Waals surface area contributed by atoms with Gasteiger partial charge in [-0.25, -0.2) is 13.1 Å². The Morgan fingerprint density at radius 3 is 2.47 bits per heavy atom. The number of sulfonamides is 1. The van der Waals surface area contributed by atoms with Crippen LogP contribution in [0.2, 0.25) is 0 Å². The number of piperazine rings is 1. The quantitative estimate of drug-likeness (QED) is 0.577. The maximum absolute atomic E-state index is 12.6. The zero-order valence-electron chi connectivity index (χ0n) is 19.5. The monoisotopic (exact) mass is 489 g/mol. The molecule has 1 amide bonds. The summed E-state index contributed by atoms with van der Waals surface area (Å²) >= 11 is 0. The fraction of sp³-hybridized carbons (Fsp3) is 0.458. The summed E-state index contributed by atoms with van der Waals surface area (Å²) in [6.07, 6.45) is 0.704. The SMILES string of the molecule is CC[C@H](C)NS(=O)(=O)c1ccc(OCC(=O)N2CCN(Cc3ccc4c(c3)OCO4)CC2)cc1. The summed E-state index contributed by atoms with van der Waals surface area (Å²) in [5.41, 5.74) is 1.15. The van der Waals surface area contributed by atoms with Gasteiger partial charge >= 0.3 is 0 Å². The van der Waals surface area contributed by atoms with Gasteiger partial charge in [0.05, 0.1) is 4.90 Å². The molecule has 10 heteroatoms. The first-order valence-electron chi connectivity index (χ1n) is 11.5. The van der Waals surface area contributed by atoms with Crippen molar-refractivity contribution in [3.63, 3.8) is 0 Å². The van der Waals surface area contributed by atoms with Gasteiger partial charge in [0.1, 0.15) is 5.75 Å². The first-order chi connectivity index (χ1) is 16.3. The van der Waals surface area contributed by atoms with E-state index in [2.05, 4.69) is 9.62 Å². The van der Waals surface area contributed by atoms with Crippen LogP contribution in [-0.4, -0.2) is 69.7 Å². The van der Waals surface area contributed by atoms with Gasteiger partial charge in [-0.15, -0.1) is 0 Å². The molecule has 0 aromatic heterocycles. The van der Waals surface area contributed by atoms with E-state index in [1.807, 2.05) is 32.0 Å². The van der Waals surface area contributed by atoms with Crippen LogP contribution in [0.1, 0.15) is 25.8 Å². The highest BCUT2D eigenvalue weighted by atomic mass is 32.2. The number of amides is 1. The molecule has 1 saturated heterocycles. The fourth-order valence-electron chi connectivity index (χ4n) is 3.82. The lowest BCUT2D eigenvalue weighted by Gasteiger charge is -2.34. The van der Waals surface area contributed by atoms with Crippen molar-refractivity contribution in [1.82, 2.24) is 14.5 Å². The lowest BCUT2D eigenvalue weighted by molar-refractivity contribution is -0.135. The summed E-state index contributed by atoms with van der Waals surface area (Å²) in [4.78, 5) is 16.9. The molecule has 1 fully saturated rings. The van der Waals surface area contributed by atoms with Gasteiger partial charge in [-0.05, 0) is 55.3 Å². The van der Waals surface area contributed by atoms with Crippen molar-refractivity contribution in [2.75, 3.05) is 39.6 Å². The smallest absolute Gasteiger partial charge is 0.260 e. The Bertz CT molecular complexity index is 1100. The van der Waals surface area contributed by atoms with Gasteiger partial charge in [-0.3, -0.25) is 9.69 Å². The maximum atomic E-state index is 12.6. The molecule has 34 heavy (non-hydrogen) atoms. The zero-order valence-corrected chi connectivity index (χ0v) is 20.3. The van der Waals surface area contributed by atoms with E-state index in [1.54, 1.807) is 17.0 Å². The van der Waals surface area contributed by atoms with Crippen molar-refractivity contribution < 1.29 is 27.4 Å². The molecule has 2 aliphatic rings. The molecule has 0 unspecified atom stereocenters. The second-order valence-corrected chi connectivity index (χ2v) is 10.2. The molecule has 9 nitrogen and oxygen atoms in total. The second kappa shape index (κ2) is 10.6. The van der Waals surface area contributed by atoms with Crippen molar-refractivity contribution in [1.29, 1.82) is 0 Å². The second-order valence-electron chi connectivity index (χ2n) is 8.54. The van der Waals surface area contributed by atoms with Crippen LogP contribution in [0.15, 0.2) is 47.4 Å². The number of nitrogens with one attached hydrogen (secondary N) is 1. The van der Waals surface area contributed by atoms with Crippen LogP contribution in [0.5, 0.6) is 17.2 Å². The molecule has 0 radical (unpaired) electrons. The van der Waals surface area contributed by atoms with Gasteiger partial charge in [0.15, 0.2) is 18.1 Å². The highest BCUT2D eigenvalue weighted by molar-refractivity contribution is 7.89. The minimum Gasteiger partial charge on any atom is -0.484 e. The molecule has 4 rings (SSSR count). The van der Waals surface area contributed by atoms with E-state index in [0.29, 0.717) is 25.3 Å². The Morgan fingerprint density at radius 2 is 1.76 bits per heavy atom. The molecule has 2 aliphatic heterocycles. The van der Waals surface area contributed by atoms with Gasteiger partial charge in [0, 0.05) is 38.8 Å². The minimum atomic E-state index is -3.57. The molecule has 184 valence electrons. The van der Waals surface area contributed by atoms with E-state index < -0.39 is 10.0 Å². The molecule has 0 spiro atoms. The lowest BCUT2D eigenvalue weighted by Crippen LogP contribution is -2.49. The van der Waals surface area contributed by atoms with Gasteiger partial charge in [-0.1, -0.05) is 13.0 Å². The van der Waals surface area contributed by atoms with E-state index in [1.165, 1.54) is 12.1 Å². The van der Waals surface area contributed by atoms with Crippen molar-refractivity contribution >= 4 is 15.9 Å². The largest absolute Gasteiger partial charge is 0.484 e. The number of fused-ring (bicyclic) bond motifs is 1. The van der Waals surface area contributed by atoms with Crippen LogP contribution in [0, 0.1) is 0 Å². The van der Waals surface area contributed by atoms with Crippen LogP contribution >= 0.6 is 0 Å². The van der Waals surface area contributed by atoms with Crippen LogP contribution in [0.4, 0.5) is 0 Å². The highest BCUT2D eigenvalue weighted by Crippen LogP contribution is 2.32. The summed E-state index contributed by atoms with van der Waals surface area (Å²) in [6.45, 7) is 7.51. The van der Waals surface area contributed by atoms with Crippen LogP contribution in [0.3, 0.4) is 0 Å². The number of rotatable bonds is 9. The third kappa shape index (κ3) is 5.99. The summed E-state index contributed by atoms with van der Waals surface area (Å²) < 4.78 is 43.7. The first-order valence-corrected chi connectivity index (χ1v) is 13.0. The fourth-order valence-corrected chi connectivity index (χ4v) is 5.15. The van der Waals surface area contributed by atoms with Crippen LogP contribution in [0.25, 0.3) is 0 Å². The van der Waals surface area contributed by atoms with E-state index >= 15 is 0 Å². The molecule has 0 bridgehead atoms. The predicted molar refractivity (Wildman–Crippen MR) is 126 cm³/mol. The number of hydrogen-bond acceptors (Lipinski definition) is 7. The highest BCUT2D eigenvalue weighted by Gasteiger charge is 2.23. The summed E-state index contributed by atoms with van der Waals surface area (Å²) in [5.74, 6) is 1.93. The molecule has 0 saturated carbocycles. The van der Waals surface area contributed by atoms with Crippen molar-refractivity contribution in [2.24, 2.45) is 0 Å². The number of hydrogen-bond donors (Lipinski definition) is 1. The van der Waals surface area contributed by atoms with Gasteiger partial charge in [-0.2, -0.15) is 0 Å². The third-order valence-corrected chi connectivity index (χ3v) is 7.64. The summed E-state index contributed by atoms with van der Waals surface area (Å²) in [5, 5.41) is 0. The standard InChI is InChI=1S/C24H31N3O6S/c1-3-18(2)25-34(29,30)21-7-5-20(6-8-21)31-16-24(28)27-12-10-26(11-13-27)15-19-4-9-22-23(14-19)33-17-32-22/h4-9,14,18,25H,3,10-13,15-17H2,1-2H3/t18-/m0/s1. The zero-order chi connectivity index (χ0) is 24.1. The average molecular weight is 490 g/mol. The maximum Gasteiger partial charge on any atom is 0.260 e. The summed E-state index contributed by atoms with van der Waals surface area (Å²) in [7, 11) is -3.57. The van der Waals surface area contributed by atoms with E-state index in [0.717, 1.165) is 36.7 Å². The average Bonchev–Trinajstić information content (AvgIpc) is 3.31. The van der Waals surface area contributed by atoms with Crippen molar-refractivity contribution in [2.45, 2.75) is 37.8 Å². The van der Waals surface area contributed by atoms with Crippen molar-refractivity contribution in [3.05, 3.63) is 48.0 Å². The Labute approximate surface area is 200 Å². The molecule has 1 atom stereocenters. The number of nitrogens with zero attached hydrogens (tertiary/aromatic N) is 2. The predicted octanol–water partition coefficient (Wildman–Crippen LogP) is 2.22. The first kappa shape index (κ1) is 24.3. The number of carbonyl (C=O) groups is 1. The van der Waals surface area contributed by atoms with Gasteiger partial charge in [0.2, 0.25) is 16.8 Å². The van der Waals surface area contributed by atoms with Gasteiger partial charge in [0.25, 0.3) is 5.91 Å². The normalized spacial score (nSPS) is 16.9. The van der Waals surface area contributed by atoms with E-state index in [4.69, 9.17) is 14.2 Å². The molecular formula is C24H31N3O6S. The van der Waals surface area contributed by atoms with Crippen LogP contribution < -0.4 is 18.9 Å². The molecular weight excluding hydrogens is 458 g/mol. The van der Waals surface area contributed by atoms with E-state index in [9.17, 15) is 13.2 Å². The van der Waals surface area contributed by atoms with Gasteiger partial charge < -0.3 is 19.1 Å². The summed E-state index contributed by atoms with van der Waals surface area (Å²) in [6, 6.07) is 11.9. The molecule has 2 aromatic rings. The lowest BCUT2D eigenvalue weighted by atomic mass is 10.1. The minimum absolute atomic E-state index is 0.0840. The number of benzene rings is 2. The molecule has 1 N–H and O–H groups in total. The van der Waals surface area contributed by atoms with E-state index in [-0.39, 0.29) is 30.2 Å². The Hall–Kier alpha value is -2.82. The Balaban J connectivity index is 1.22. The molecule has 2 heterocycles. The molecule has 2 aromatic carbocycles. The Kier molecular flexibility index (Phi) is 7.60. The van der Waals surface area contributed by atoms with Crippen LogP contribution in [-0.2, 0) is 21.4 Å². The Morgan fingerprint density at radius 1 is 1.06 bits per heavy atom. The number of carbonyl (C=O) groups excluding carboxylic acids is 1. The topological polar surface area (TPSA) is 97.4 Å². The third-order valence-electron chi connectivity index (χ3n) is 6.03. The number of ether oxygens (including phenoxy) is 3.